The van der Waals surface area contributed by atoms with E-state index in [1.165, 1.54) is 12.1 Å². The van der Waals surface area contributed by atoms with Gasteiger partial charge in [0.25, 0.3) is 11.6 Å². The summed E-state index contributed by atoms with van der Waals surface area (Å²) in [5.41, 5.74) is 2.17. The molecule has 0 bridgehead atoms. The van der Waals surface area contributed by atoms with Crippen LogP contribution in [0, 0.1) is 24.0 Å². The molecule has 2 aromatic rings. The number of rotatable bonds is 7. The van der Waals surface area contributed by atoms with E-state index in [4.69, 9.17) is 9.47 Å². The van der Waals surface area contributed by atoms with Crippen molar-refractivity contribution in [3.05, 3.63) is 56.9 Å². The molecule has 1 fully saturated rings. The second-order valence-electron chi connectivity index (χ2n) is 8.30. The van der Waals surface area contributed by atoms with Crippen LogP contribution in [0.15, 0.2) is 24.3 Å². The maximum atomic E-state index is 12.6. The third-order valence-corrected chi connectivity index (χ3v) is 5.57. The zero-order chi connectivity index (χ0) is 25.0. The van der Waals surface area contributed by atoms with Crippen molar-refractivity contribution >= 4 is 29.2 Å². The van der Waals surface area contributed by atoms with E-state index in [1.807, 2.05) is 4.90 Å². The van der Waals surface area contributed by atoms with E-state index in [1.54, 1.807) is 44.7 Å². The van der Waals surface area contributed by atoms with Gasteiger partial charge in [0.2, 0.25) is 0 Å². The third kappa shape index (κ3) is 5.53. The Morgan fingerprint density at radius 2 is 1.68 bits per heavy atom. The maximum Gasteiger partial charge on any atom is 0.355 e. The van der Waals surface area contributed by atoms with Crippen molar-refractivity contribution in [1.29, 1.82) is 0 Å². The first-order valence-electron chi connectivity index (χ1n) is 10.9. The number of aryl methyl sites for hydroxylation is 1. The van der Waals surface area contributed by atoms with Crippen LogP contribution in [0.25, 0.3) is 0 Å². The van der Waals surface area contributed by atoms with Crippen molar-refractivity contribution in [3.8, 4) is 0 Å². The fourth-order valence-corrected chi connectivity index (χ4v) is 3.82. The van der Waals surface area contributed by atoms with Crippen molar-refractivity contribution in [2.45, 2.75) is 33.8 Å². The van der Waals surface area contributed by atoms with Crippen molar-refractivity contribution in [1.82, 2.24) is 9.88 Å². The Morgan fingerprint density at radius 3 is 2.24 bits per heavy atom. The molecule has 0 atom stereocenters. The molecule has 3 rings (SSSR count). The normalized spacial score (nSPS) is 13.7. The lowest BCUT2D eigenvalue weighted by atomic mass is 10.1. The summed E-state index contributed by atoms with van der Waals surface area (Å²) in [5.74, 6) is -1.57. The lowest BCUT2D eigenvalue weighted by Crippen LogP contribution is -2.49. The van der Waals surface area contributed by atoms with Gasteiger partial charge >= 0.3 is 11.9 Å². The number of nitrogens with one attached hydrogen (secondary N) is 1. The highest BCUT2D eigenvalue weighted by Gasteiger charge is 2.26. The number of piperazine rings is 1. The number of esters is 2. The fourth-order valence-electron chi connectivity index (χ4n) is 3.82. The monoisotopic (exact) mass is 472 g/mol. The summed E-state index contributed by atoms with van der Waals surface area (Å²) in [6, 6.07) is 6.27. The zero-order valence-electron chi connectivity index (χ0n) is 19.6. The highest BCUT2D eigenvalue weighted by molar-refractivity contribution is 5.99. The van der Waals surface area contributed by atoms with E-state index in [9.17, 15) is 24.5 Å². The maximum absolute atomic E-state index is 12.6. The lowest BCUT2D eigenvalue weighted by Gasteiger charge is -2.36. The molecule has 1 N–H and O–H groups in total. The molecule has 1 aliphatic rings. The van der Waals surface area contributed by atoms with Gasteiger partial charge in [-0.1, -0.05) is 0 Å². The average molecular weight is 472 g/mol. The molecular formula is C23H28N4O7. The van der Waals surface area contributed by atoms with Crippen molar-refractivity contribution in [3.63, 3.8) is 0 Å². The number of non-ortho nitro benzene ring substituents is 1. The second-order valence-corrected chi connectivity index (χ2v) is 8.30. The van der Waals surface area contributed by atoms with Crippen LogP contribution < -0.4 is 4.90 Å². The number of benzene rings is 1. The predicted octanol–water partition coefficient (Wildman–Crippen LogP) is 2.61. The average Bonchev–Trinajstić information content (AvgIpc) is 3.10. The summed E-state index contributed by atoms with van der Waals surface area (Å²) < 4.78 is 10.4. The minimum atomic E-state index is -0.720. The fraction of sp³-hybridized carbons (Fsp3) is 0.435. The van der Waals surface area contributed by atoms with Gasteiger partial charge in [0.1, 0.15) is 5.69 Å². The summed E-state index contributed by atoms with van der Waals surface area (Å²) in [6.45, 7) is 8.30. The Balaban J connectivity index is 1.53. The number of nitro benzene ring substituents is 1. The highest BCUT2D eigenvalue weighted by atomic mass is 16.6. The van der Waals surface area contributed by atoms with Gasteiger partial charge < -0.3 is 24.3 Å². The molecule has 34 heavy (non-hydrogen) atoms. The zero-order valence-corrected chi connectivity index (χ0v) is 19.6. The molecule has 1 aromatic carbocycles. The van der Waals surface area contributed by atoms with E-state index in [2.05, 4.69) is 4.98 Å². The van der Waals surface area contributed by atoms with Gasteiger partial charge in [-0.15, -0.1) is 0 Å². The van der Waals surface area contributed by atoms with Crippen LogP contribution in [0.4, 0.5) is 11.4 Å². The smallest absolute Gasteiger partial charge is 0.355 e. The Hall–Kier alpha value is -3.89. The highest BCUT2D eigenvalue weighted by Crippen LogP contribution is 2.22. The summed E-state index contributed by atoms with van der Waals surface area (Å²) in [7, 11) is 0. The van der Waals surface area contributed by atoms with Gasteiger partial charge in [-0.3, -0.25) is 14.9 Å². The number of anilines is 1. The van der Waals surface area contributed by atoms with E-state index in [0.717, 1.165) is 5.69 Å². The molecule has 182 valence electrons. The van der Waals surface area contributed by atoms with Crippen molar-refractivity contribution in [2.75, 3.05) is 37.7 Å². The number of hydrogen-bond donors (Lipinski definition) is 1. The molecule has 0 spiro atoms. The van der Waals surface area contributed by atoms with Gasteiger partial charge in [-0.2, -0.15) is 0 Å². The van der Waals surface area contributed by atoms with Crippen molar-refractivity contribution in [2.24, 2.45) is 0 Å². The Bertz CT molecular complexity index is 1080. The molecule has 1 amide bonds. The predicted molar refractivity (Wildman–Crippen MR) is 123 cm³/mol. The summed E-state index contributed by atoms with van der Waals surface area (Å²) in [4.78, 5) is 54.2. The minimum absolute atomic E-state index is 0.0239. The summed E-state index contributed by atoms with van der Waals surface area (Å²) in [5, 5.41) is 10.8. The van der Waals surface area contributed by atoms with Crippen LogP contribution in [0.2, 0.25) is 0 Å². The number of nitro groups is 1. The van der Waals surface area contributed by atoms with Crippen LogP contribution in [0.1, 0.15) is 46.0 Å². The second kappa shape index (κ2) is 10.4. The number of hydrogen-bond acceptors (Lipinski definition) is 8. The van der Waals surface area contributed by atoms with Gasteiger partial charge in [0.05, 0.1) is 16.6 Å². The molecule has 0 saturated carbocycles. The Morgan fingerprint density at radius 1 is 1.06 bits per heavy atom. The number of nitrogens with zero attached hydrogens (tertiary/aromatic N) is 3. The largest absolute Gasteiger partial charge is 0.459 e. The number of H-pyrrole nitrogens is 1. The molecule has 0 unspecified atom stereocenters. The van der Waals surface area contributed by atoms with Gasteiger partial charge in [0.15, 0.2) is 6.61 Å². The number of carbonyl (C=O) groups is 3. The summed E-state index contributed by atoms with van der Waals surface area (Å²) >= 11 is 0. The molecular weight excluding hydrogens is 444 g/mol. The molecule has 2 heterocycles. The van der Waals surface area contributed by atoms with Crippen LogP contribution in [0.5, 0.6) is 0 Å². The molecule has 11 nitrogen and oxygen atoms in total. The Kier molecular flexibility index (Phi) is 7.54. The van der Waals surface area contributed by atoms with Crippen LogP contribution in [-0.2, 0) is 14.3 Å². The van der Waals surface area contributed by atoms with Crippen LogP contribution in [0.3, 0.4) is 0 Å². The molecule has 11 heteroatoms. The standard InChI is InChI=1S/C23H28N4O7/c1-14(2)34-22(29)20-15(3)21(24-16(20)4)23(30)33-13-19(28)26-11-9-25(10-12-26)17-5-7-18(8-6-17)27(31)32/h5-8,14,24H,9-13H2,1-4H3. The van der Waals surface area contributed by atoms with E-state index in [-0.39, 0.29) is 29.0 Å². The Labute approximate surface area is 196 Å². The first-order chi connectivity index (χ1) is 16.1. The van der Waals surface area contributed by atoms with Gasteiger partial charge in [0, 0.05) is 49.7 Å². The topological polar surface area (TPSA) is 135 Å². The SMILES string of the molecule is Cc1[nH]c(C(=O)OCC(=O)N2CCN(c3ccc([N+](=O)[O-])cc3)CC2)c(C)c1C(=O)OC(C)C. The molecule has 0 radical (unpaired) electrons. The molecule has 0 aliphatic carbocycles. The lowest BCUT2D eigenvalue weighted by molar-refractivity contribution is -0.384. The van der Waals surface area contributed by atoms with Gasteiger partial charge in [-0.25, -0.2) is 9.59 Å². The summed E-state index contributed by atoms with van der Waals surface area (Å²) in [6.07, 6.45) is -0.296. The molecule has 1 aliphatic heterocycles. The number of carbonyl (C=O) groups excluding carboxylic acids is 3. The van der Waals surface area contributed by atoms with Gasteiger partial charge in [-0.05, 0) is 45.4 Å². The third-order valence-electron chi connectivity index (χ3n) is 5.57. The number of aromatic nitrogens is 1. The van der Waals surface area contributed by atoms with E-state index < -0.39 is 23.5 Å². The molecule has 1 saturated heterocycles. The van der Waals surface area contributed by atoms with E-state index >= 15 is 0 Å². The quantitative estimate of drug-likeness (QED) is 0.369. The van der Waals surface area contributed by atoms with E-state index in [0.29, 0.717) is 37.4 Å². The first kappa shape index (κ1) is 24.7. The molecule has 1 aromatic heterocycles. The number of ether oxygens (including phenoxy) is 2. The number of amides is 1. The number of aromatic amines is 1. The van der Waals surface area contributed by atoms with Crippen molar-refractivity contribution < 1.29 is 28.8 Å². The first-order valence-corrected chi connectivity index (χ1v) is 10.9. The van der Waals surface area contributed by atoms with Crippen LogP contribution >= 0.6 is 0 Å². The minimum Gasteiger partial charge on any atom is -0.459 e. The van der Waals surface area contributed by atoms with Crippen LogP contribution in [-0.4, -0.2) is 71.5 Å².